The summed E-state index contributed by atoms with van der Waals surface area (Å²) in [4.78, 5) is 0. The van der Waals surface area contributed by atoms with Crippen LogP contribution in [0.25, 0.3) is 0 Å². The zero-order valence-corrected chi connectivity index (χ0v) is 9.51. The zero-order chi connectivity index (χ0) is 11.3. The van der Waals surface area contributed by atoms with E-state index in [0.717, 1.165) is 18.7 Å². The highest BCUT2D eigenvalue weighted by atomic mass is 19.1. The number of nitrogens with one attached hydrogen (secondary N) is 1. The van der Waals surface area contributed by atoms with Gasteiger partial charge < -0.3 is 10.1 Å². The second-order valence-electron chi connectivity index (χ2n) is 3.95. The largest absolute Gasteiger partial charge is 0.494 e. The molecule has 0 aliphatic heterocycles. The maximum Gasteiger partial charge on any atom is 0.144 e. The maximum atomic E-state index is 12.9. The lowest BCUT2D eigenvalue weighted by molar-refractivity contribution is 0.413. The molecule has 15 heavy (non-hydrogen) atoms. The summed E-state index contributed by atoms with van der Waals surface area (Å²) in [6.07, 6.45) is 1.08. The van der Waals surface area contributed by atoms with Gasteiger partial charge in [0.25, 0.3) is 0 Å². The highest BCUT2D eigenvalue weighted by Gasteiger charge is 2.03. The Morgan fingerprint density at radius 2 is 2.13 bits per heavy atom. The van der Waals surface area contributed by atoms with Crippen LogP contribution in [0.15, 0.2) is 18.2 Å². The molecule has 0 unspecified atom stereocenters. The summed E-state index contributed by atoms with van der Waals surface area (Å²) in [5.41, 5.74) is 0.847. The minimum atomic E-state index is -0.277. The first kappa shape index (κ1) is 11.8. The molecule has 0 radical (unpaired) electrons. The topological polar surface area (TPSA) is 21.3 Å². The van der Waals surface area contributed by atoms with Crippen molar-refractivity contribution in [2.45, 2.75) is 20.3 Å². The van der Waals surface area contributed by atoms with E-state index in [1.807, 2.05) is 0 Å². The van der Waals surface area contributed by atoms with Gasteiger partial charge in [0.05, 0.1) is 12.8 Å². The van der Waals surface area contributed by atoms with Crippen LogP contribution in [0.1, 0.15) is 20.3 Å². The maximum absolute atomic E-state index is 12.9. The van der Waals surface area contributed by atoms with Crippen molar-refractivity contribution in [2.75, 3.05) is 19.0 Å². The summed E-state index contributed by atoms with van der Waals surface area (Å²) < 4.78 is 18.0. The molecule has 0 spiro atoms. The van der Waals surface area contributed by atoms with Gasteiger partial charge in [-0.15, -0.1) is 0 Å². The first-order chi connectivity index (χ1) is 7.13. The average molecular weight is 211 g/mol. The summed E-state index contributed by atoms with van der Waals surface area (Å²) in [6, 6.07) is 4.52. The van der Waals surface area contributed by atoms with E-state index in [0.29, 0.717) is 11.7 Å². The predicted octanol–water partition coefficient (Wildman–Crippen LogP) is 3.29. The Labute approximate surface area is 90.4 Å². The van der Waals surface area contributed by atoms with Crippen molar-refractivity contribution < 1.29 is 9.13 Å². The van der Waals surface area contributed by atoms with Crippen LogP contribution in [-0.2, 0) is 0 Å². The summed E-state index contributed by atoms with van der Waals surface area (Å²) in [5, 5.41) is 3.23. The van der Waals surface area contributed by atoms with Crippen molar-refractivity contribution in [3.63, 3.8) is 0 Å². The van der Waals surface area contributed by atoms with E-state index in [2.05, 4.69) is 19.2 Å². The molecule has 0 saturated carbocycles. The van der Waals surface area contributed by atoms with E-state index in [1.54, 1.807) is 13.2 Å². The third-order valence-electron chi connectivity index (χ3n) is 2.20. The van der Waals surface area contributed by atoms with Crippen molar-refractivity contribution in [3.05, 3.63) is 24.0 Å². The molecule has 0 amide bonds. The summed E-state index contributed by atoms with van der Waals surface area (Å²) in [5.74, 6) is 0.934. The highest BCUT2D eigenvalue weighted by Crippen LogP contribution is 2.24. The highest BCUT2D eigenvalue weighted by molar-refractivity contribution is 5.56. The van der Waals surface area contributed by atoms with Crippen molar-refractivity contribution >= 4 is 5.69 Å². The number of ether oxygens (including phenoxy) is 1. The Hall–Kier alpha value is -1.25. The smallest absolute Gasteiger partial charge is 0.144 e. The molecular weight excluding hydrogens is 193 g/mol. The molecule has 0 bridgehead atoms. The average Bonchev–Trinajstić information content (AvgIpc) is 2.19. The van der Waals surface area contributed by atoms with Crippen LogP contribution < -0.4 is 10.1 Å². The molecule has 1 aromatic rings. The van der Waals surface area contributed by atoms with E-state index in [1.165, 1.54) is 12.1 Å². The van der Waals surface area contributed by atoms with Crippen LogP contribution >= 0.6 is 0 Å². The lowest BCUT2D eigenvalue weighted by atomic mass is 10.1. The molecule has 0 fully saturated rings. The SMILES string of the molecule is COc1cc(F)ccc1NCCC(C)C. The first-order valence-corrected chi connectivity index (χ1v) is 5.21. The minimum Gasteiger partial charge on any atom is -0.494 e. The third-order valence-corrected chi connectivity index (χ3v) is 2.20. The Bertz CT molecular complexity index is 312. The van der Waals surface area contributed by atoms with Gasteiger partial charge in [-0.1, -0.05) is 13.8 Å². The van der Waals surface area contributed by atoms with Crippen molar-refractivity contribution in [1.29, 1.82) is 0 Å². The van der Waals surface area contributed by atoms with E-state index in [4.69, 9.17) is 4.74 Å². The molecule has 1 rings (SSSR count). The molecule has 3 heteroatoms. The number of hydrogen-bond donors (Lipinski definition) is 1. The van der Waals surface area contributed by atoms with E-state index in [9.17, 15) is 4.39 Å². The van der Waals surface area contributed by atoms with Crippen LogP contribution in [0, 0.1) is 11.7 Å². The molecule has 0 aliphatic rings. The van der Waals surface area contributed by atoms with Gasteiger partial charge >= 0.3 is 0 Å². The molecule has 1 N–H and O–H groups in total. The van der Waals surface area contributed by atoms with Gasteiger partial charge in [-0.3, -0.25) is 0 Å². The fraction of sp³-hybridized carbons (Fsp3) is 0.500. The lowest BCUT2D eigenvalue weighted by Gasteiger charge is -2.12. The summed E-state index contributed by atoms with van der Waals surface area (Å²) >= 11 is 0. The van der Waals surface area contributed by atoms with Crippen LogP contribution in [0.2, 0.25) is 0 Å². The summed E-state index contributed by atoms with van der Waals surface area (Å²) in [7, 11) is 1.54. The van der Waals surface area contributed by atoms with Gasteiger partial charge in [0.15, 0.2) is 0 Å². The monoisotopic (exact) mass is 211 g/mol. The van der Waals surface area contributed by atoms with Gasteiger partial charge in [-0.25, -0.2) is 4.39 Å². The molecule has 0 aromatic heterocycles. The standard InChI is InChI=1S/C12H18FNO/c1-9(2)6-7-14-11-5-4-10(13)8-12(11)15-3/h4-5,8-9,14H,6-7H2,1-3H3. The Balaban J connectivity index is 2.60. The minimum absolute atomic E-state index is 0.277. The zero-order valence-electron chi connectivity index (χ0n) is 9.51. The molecule has 0 saturated heterocycles. The molecule has 0 atom stereocenters. The molecule has 0 heterocycles. The number of anilines is 1. The second-order valence-corrected chi connectivity index (χ2v) is 3.95. The normalized spacial score (nSPS) is 10.5. The van der Waals surface area contributed by atoms with E-state index in [-0.39, 0.29) is 5.82 Å². The van der Waals surface area contributed by atoms with E-state index >= 15 is 0 Å². The lowest BCUT2D eigenvalue weighted by Crippen LogP contribution is -2.06. The second kappa shape index (κ2) is 5.59. The number of methoxy groups -OCH3 is 1. The van der Waals surface area contributed by atoms with Gasteiger partial charge in [0, 0.05) is 12.6 Å². The Morgan fingerprint density at radius 1 is 1.40 bits per heavy atom. The van der Waals surface area contributed by atoms with Crippen LogP contribution in [0.5, 0.6) is 5.75 Å². The van der Waals surface area contributed by atoms with Crippen LogP contribution in [0.4, 0.5) is 10.1 Å². The molecule has 0 aliphatic carbocycles. The molecule has 1 aromatic carbocycles. The van der Waals surface area contributed by atoms with Gasteiger partial charge in [0.1, 0.15) is 11.6 Å². The molecule has 84 valence electrons. The van der Waals surface area contributed by atoms with Crippen molar-refractivity contribution in [2.24, 2.45) is 5.92 Å². The molecular formula is C12H18FNO. The van der Waals surface area contributed by atoms with Gasteiger partial charge in [0.2, 0.25) is 0 Å². The van der Waals surface area contributed by atoms with Gasteiger partial charge in [-0.05, 0) is 24.5 Å². The summed E-state index contributed by atoms with van der Waals surface area (Å²) in [6.45, 7) is 5.22. The van der Waals surface area contributed by atoms with Gasteiger partial charge in [-0.2, -0.15) is 0 Å². The fourth-order valence-corrected chi connectivity index (χ4v) is 1.31. The van der Waals surface area contributed by atoms with E-state index < -0.39 is 0 Å². The first-order valence-electron chi connectivity index (χ1n) is 5.21. The number of rotatable bonds is 5. The third kappa shape index (κ3) is 3.78. The Kier molecular flexibility index (Phi) is 4.40. The number of halogens is 1. The van der Waals surface area contributed by atoms with Crippen LogP contribution in [-0.4, -0.2) is 13.7 Å². The number of hydrogen-bond acceptors (Lipinski definition) is 2. The Morgan fingerprint density at radius 3 is 2.73 bits per heavy atom. The number of benzene rings is 1. The fourth-order valence-electron chi connectivity index (χ4n) is 1.31. The molecule has 2 nitrogen and oxygen atoms in total. The van der Waals surface area contributed by atoms with Crippen molar-refractivity contribution in [1.82, 2.24) is 0 Å². The van der Waals surface area contributed by atoms with Crippen molar-refractivity contribution in [3.8, 4) is 5.75 Å². The van der Waals surface area contributed by atoms with Crippen LogP contribution in [0.3, 0.4) is 0 Å². The predicted molar refractivity (Wildman–Crippen MR) is 60.9 cm³/mol. The quantitative estimate of drug-likeness (QED) is 0.807.